The van der Waals surface area contributed by atoms with Gasteiger partial charge >= 0.3 is 0 Å². The summed E-state index contributed by atoms with van der Waals surface area (Å²) in [6.07, 6.45) is 2.41. The monoisotopic (exact) mass is 242 g/mol. The van der Waals surface area contributed by atoms with E-state index in [1.165, 1.54) is 12.8 Å². The van der Waals surface area contributed by atoms with Crippen molar-refractivity contribution < 1.29 is 4.74 Å². The third kappa shape index (κ3) is 4.57. The number of rotatable bonds is 8. The lowest BCUT2D eigenvalue weighted by atomic mass is 9.86. The Balaban J connectivity index is 2.51. The van der Waals surface area contributed by atoms with Crippen LogP contribution in [0.25, 0.3) is 0 Å². The highest BCUT2D eigenvalue weighted by Gasteiger charge is 2.36. The van der Waals surface area contributed by atoms with E-state index >= 15 is 0 Å². The SMILES string of the molecule is CCCNCC1(CN(CC)C(C)C)CCOC1. The van der Waals surface area contributed by atoms with E-state index in [0.717, 1.165) is 39.4 Å². The van der Waals surface area contributed by atoms with Crippen molar-refractivity contribution in [2.24, 2.45) is 5.41 Å². The van der Waals surface area contributed by atoms with Gasteiger partial charge in [-0.25, -0.2) is 0 Å². The summed E-state index contributed by atoms with van der Waals surface area (Å²) in [7, 11) is 0. The largest absolute Gasteiger partial charge is 0.381 e. The maximum absolute atomic E-state index is 5.65. The van der Waals surface area contributed by atoms with Crippen LogP contribution in [0.2, 0.25) is 0 Å². The van der Waals surface area contributed by atoms with Gasteiger partial charge in [-0.1, -0.05) is 13.8 Å². The summed E-state index contributed by atoms with van der Waals surface area (Å²) in [5.41, 5.74) is 0.343. The molecule has 1 saturated heterocycles. The topological polar surface area (TPSA) is 24.5 Å². The average molecular weight is 242 g/mol. The van der Waals surface area contributed by atoms with Crippen molar-refractivity contribution in [1.82, 2.24) is 10.2 Å². The fourth-order valence-corrected chi connectivity index (χ4v) is 2.59. The smallest absolute Gasteiger partial charge is 0.0547 e. The molecule has 1 fully saturated rings. The second-order valence-electron chi connectivity index (χ2n) is 5.64. The van der Waals surface area contributed by atoms with Gasteiger partial charge in [-0.2, -0.15) is 0 Å². The fraction of sp³-hybridized carbons (Fsp3) is 1.00. The van der Waals surface area contributed by atoms with E-state index in [0.29, 0.717) is 11.5 Å². The maximum atomic E-state index is 5.65. The van der Waals surface area contributed by atoms with Gasteiger partial charge < -0.3 is 15.0 Å². The number of nitrogens with one attached hydrogen (secondary N) is 1. The second-order valence-corrected chi connectivity index (χ2v) is 5.64. The highest BCUT2D eigenvalue weighted by atomic mass is 16.5. The van der Waals surface area contributed by atoms with Crippen molar-refractivity contribution in [2.45, 2.75) is 46.6 Å². The number of nitrogens with zero attached hydrogens (tertiary/aromatic N) is 1. The van der Waals surface area contributed by atoms with E-state index in [9.17, 15) is 0 Å². The molecular weight excluding hydrogens is 212 g/mol. The van der Waals surface area contributed by atoms with E-state index < -0.39 is 0 Å². The molecule has 3 heteroatoms. The first-order chi connectivity index (χ1) is 8.13. The van der Waals surface area contributed by atoms with Gasteiger partial charge in [-0.3, -0.25) is 0 Å². The molecule has 1 rings (SSSR count). The Morgan fingerprint density at radius 1 is 1.35 bits per heavy atom. The summed E-state index contributed by atoms with van der Waals surface area (Å²) in [5.74, 6) is 0. The Kier molecular flexibility index (Phi) is 6.45. The Morgan fingerprint density at radius 2 is 2.12 bits per heavy atom. The van der Waals surface area contributed by atoms with Gasteiger partial charge in [-0.15, -0.1) is 0 Å². The second kappa shape index (κ2) is 7.34. The predicted octanol–water partition coefficient (Wildman–Crippen LogP) is 2.12. The van der Waals surface area contributed by atoms with Crippen molar-refractivity contribution >= 4 is 0 Å². The molecule has 17 heavy (non-hydrogen) atoms. The van der Waals surface area contributed by atoms with Crippen LogP contribution in [0.3, 0.4) is 0 Å². The molecule has 0 aliphatic carbocycles. The summed E-state index contributed by atoms with van der Waals surface area (Å²) in [4.78, 5) is 2.56. The highest BCUT2D eigenvalue weighted by Crippen LogP contribution is 2.29. The average Bonchev–Trinajstić information content (AvgIpc) is 2.75. The summed E-state index contributed by atoms with van der Waals surface area (Å²) in [5, 5.41) is 3.58. The van der Waals surface area contributed by atoms with Gasteiger partial charge in [0.1, 0.15) is 0 Å². The molecular formula is C14H30N2O. The molecule has 3 nitrogen and oxygen atoms in total. The molecule has 0 aromatic rings. The summed E-state index contributed by atoms with van der Waals surface area (Å²) < 4.78 is 5.65. The Bertz CT molecular complexity index is 200. The molecule has 0 bridgehead atoms. The van der Waals surface area contributed by atoms with E-state index in [4.69, 9.17) is 4.74 Å². The highest BCUT2D eigenvalue weighted by molar-refractivity contribution is 4.89. The maximum Gasteiger partial charge on any atom is 0.0547 e. The van der Waals surface area contributed by atoms with Crippen molar-refractivity contribution in [3.8, 4) is 0 Å². The molecule has 1 N–H and O–H groups in total. The van der Waals surface area contributed by atoms with Crippen LogP contribution >= 0.6 is 0 Å². The van der Waals surface area contributed by atoms with Gasteiger partial charge in [0.05, 0.1) is 6.61 Å². The van der Waals surface area contributed by atoms with Crippen LogP contribution in [-0.2, 0) is 4.74 Å². The van der Waals surface area contributed by atoms with Gasteiger partial charge in [-0.05, 0) is 39.8 Å². The van der Waals surface area contributed by atoms with E-state index in [1.54, 1.807) is 0 Å². The van der Waals surface area contributed by atoms with Crippen LogP contribution in [0, 0.1) is 5.41 Å². The predicted molar refractivity (Wildman–Crippen MR) is 73.4 cm³/mol. The summed E-state index contributed by atoms with van der Waals surface area (Å²) in [6.45, 7) is 15.4. The van der Waals surface area contributed by atoms with Gasteiger partial charge in [0.25, 0.3) is 0 Å². The summed E-state index contributed by atoms with van der Waals surface area (Å²) >= 11 is 0. The van der Waals surface area contributed by atoms with Crippen LogP contribution in [-0.4, -0.2) is 50.3 Å². The molecule has 0 spiro atoms. The molecule has 102 valence electrons. The van der Waals surface area contributed by atoms with Gasteiger partial charge in [0, 0.05) is 31.2 Å². The minimum absolute atomic E-state index is 0.343. The van der Waals surface area contributed by atoms with Crippen LogP contribution in [0.4, 0.5) is 0 Å². The number of hydrogen-bond donors (Lipinski definition) is 1. The first-order valence-corrected chi connectivity index (χ1v) is 7.16. The minimum Gasteiger partial charge on any atom is -0.381 e. The van der Waals surface area contributed by atoms with E-state index in [1.807, 2.05) is 0 Å². The molecule has 1 atom stereocenters. The lowest BCUT2D eigenvalue weighted by Crippen LogP contribution is -2.47. The lowest BCUT2D eigenvalue weighted by molar-refractivity contribution is 0.0962. The first kappa shape index (κ1) is 14.9. The third-order valence-corrected chi connectivity index (χ3v) is 3.79. The van der Waals surface area contributed by atoms with Crippen LogP contribution in [0.5, 0.6) is 0 Å². The van der Waals surface area contributed by atoms with Gasteiger partial charge in [0.2, 0.25) is 0 Å². The number of hydrogen-bond acceptors (Lipinski definition) is 3. The molecule has 1 aliphatic rings. The standard InChI is InChI=1S/C14H30N2O/c1-5-8-15-10-14(7-9-17-12-14)11-16(6-2)13(3)4/h13,15H,5-12H2,1-4H3. The zero-order chi connectivity index (χ0) is 12.7. The molecule has 1 heterocycles. The van der Waals surface area contributed by atoms with Gasteiger partial charge in [0.15, 0.2) is 0 Å². The van der Waals surface area contributed by atoms with E-state index in [2.05, 4.69) is 37.9 Å². The van der Waals surface area contributed by atoms with Crippen molar-refractivity contribution in [3.63, 3.8) is 0 Å². The van der Waals surface area contributed by atoms with E-state index in [-0.39, 0.29) is 0 Å². The molecule has 1 unspecified atom stereocenters. The minimum atomic E-state index is 0.343. The zero-order valence-corrected chi connectivity index (χ0v) is 12.1. The Hall–Kier alpha value is -0.120. The molecule has 0 amide bonds. The molecule has 0 aromatic carbocycles. The Morgan fingerprint density at radius 3 is 2.59 bits per heavy atom. The van der Waals surface area contributed by atoms with Crippen LogP contribution in [0.1, 0.15) is 40.5 Å². The van der Waals surface area contributed by atoms with Crippen molar-refractivity contribution in [3.05, 3.63) is 0 Å². The van der Waals surface area contributed by atoms with Crippen LogP contribution in [0.15, 0.2) is 0 Å². The zero-order valence-electron chi connectivity index (χ0n) is 12.1. The fourth-order valence-electron chi connectivity index (χ4n) is 2.59. The quantitative estimate of drug-likeness (QED) is 0.660. The van der Waals surface area contributed by atoms with Crippen molar-refractivity contribution in [2.75, 3.05) is 39.4 Å². The Labute approximate surface area is 107 Å². The lowest BCUT2D eigenvalue weighted by Gasteiger charge is -2.36. The number of ether oxygens (including phenoxy) is 1. The van der Waals surface area contributed by atoms with Crippen LogP contribution < -0.4 is 5.32 Å². The molecule has 0 saturated carbocycles. The molecule has 0 radical (unpaired) electrons. The van der Waals surface area contributed by atoms with Crippen molar-refractivity contribution in [1.29, 1.82) is 0 Å². The third-order valence-electron chi connectivity index (χ3n) is 3.79. The first-order valence-electron chi connectivity index (χ1n) is 7.16. The summed E-state index contributed by atoms with van der Waals surface area (Å²) in [6, 6.07) is 0.628. The molecule has 0 aromatic heterocycles. The molecule has 1 aliphatic heterocycles. The normalized spacial score (nSPS) is 25.1.